The molecule has 1 aliphatic rings. The Bertz CT molecular complexity index is 928. The average molecular weight is 384 g/mol. The fourth-order valence-corrected chi connectivity index (χ4v) is 3.50. The van der Waals surface area contributed by atoms with Crippen molar-refractivity contribution in [1.82, 2.24) is 0 Å². The largest absolute Gasteiger partial charge is 0.465 e. The lowest BCUT2D eigenvalue weighted by Crippen LogP contribution is -3.17. The van der Waals surface area contributed by atoms with Gasteiger partial charge in [0.2, 0.25) is 0 Å². The first-order chi connectivity index (χ1) is 13.4. The molecule has 8 heteroatoms. The number of nitro groups is 1. The van der Waals surface area contributed by atoms with Crippen molar-refractivity contribution in [3.8, 4) is 0 Å². The lowest BCUT2D eigenvalue weighted by atomic mass is 9.94. The maximum Gasteiger partial charge on any atom is 0.365 e. The van der Waals surface area contributed by atoms with Gasteiger partial charge in [-0.25, -0.2) is 4.79 Å². The van der Waals surface area contributed by atoms with Crippen LogP contribution in [0.2, 0.25) is 0 Å². The number of carbonyl (C=O) groups is 2. The monoisotopic (exact) mass is 384 g/mol. The average Bonchev–Trinajstić information content (AvgIpc) is 2.68. The summed E-state index contributed by atoms with van der Waals surface area (Å²) < 4.78 is 4.93. The van der Waals surface area contributed by atoms with Gasteiger partial charge in [0.1, 0.15) is 6.54 Å². The number of rotatable bonds is 5. The summed E-state index contributed by atoms with van der Waals surface area (Å²) in [5.41, 5.74) is 3.20. The number of nitrogens with one attached hydrogen (secondary N) is 2. The van der Waals surface area contributed by atoms with Gasteiger partial charge in [-0.15, -0.1) is 0 Å². The maximum absolute atomic E-state index is 12.6. The van der Waals surface area contributed by atoms with E-state index in [4.69, 9.17) is 4.74 Å². The van der Waals surface area contributed by atoms with E-state index in [2.05, 4.69) is 5.32 Å². The van der Waals surface area contributed by atoms with Gasteiger partial charge in [0.05, 0.1) is 17.7 Å². The number of quaternary nitrogens is 1. The second-order valence-corrected chi connectivity index (χ2v) is 6.86. The number of carbonyl (C=O) groups excluding carboxylic acids is 2. The normalized spacial score (nSPS) is 18.1. The zero-order valence-corrected chi connectivity index (χ0v) is 15.7. The molecule has 146 valence electrons. The van der Waals surface area contributed by atoms with Crippen LogP contribution < -0.4 is 10.2 Å². The molecule has 0 fully saturated rings. The van der Waals surface area contributed by atoms with Crippen LogP contribution in [0.25, 0.3) is 0 Å². The summed E-state index contributed by atoms with van der Waals surface area (Å²) in [5.74, 6) is -0.671. The molecule has 0 saturated heterocycles. The predicted octanol–water partition coefficient (Wildman–Crippen LogP) is 1.02. The van der Waals surface area contributed by atoms with Crippen LogP contribution in [0.3, 0.4) is 0 Å². The third kappa shape index (κ3) is 4.17. The molecule has 1 aliphatic heterocycles. The first-order valence-corrected chi connectivity index (χ1v) is 8.93. The van der Waals surface area contributed by atoms with Crippen molar-refractivity contribution in [3.05, 3.63) is 69.3 Å². The molecule has 1 unspecified atom stereocenters. The summed E-state index contributed by atoms with van der Waals surface area (Å²) in [7, 11) is 1.34. The van der Waals surface area contributed by atoms with E-state index < -0.39 is 11.0 Å². The Morgan fingerprint density at radius 3 is 2.64 bits per heavy atom. The number of methoxy groups -OCH3 is 1. The lowest BCUT2D eigenvalue weighted by molar-refractivity contribution is -0.924. The van der Waals surface area contributed by atoms with Crippen molar-refractivity contribution < 1.29 is 24.1 Å². The number of fused-ring (bicyclic) bond motifs is 1. The number of benzene rings is 2. The molecule has 3 rings (SSSR count). The van der Waals surface area contributed by atoms with Crippen LogP contribution in [0.5, 0.6) is 0 Å². The molecular weight excluding hydrogens is 362 g/mol. The minimum absolute atomic E-state index is 0.0518. The Hall–Kier alpha value is -3.26. The topological polar surface area (TPSA) is 103 Å². The van der Waals surface area contributed by atoms with Crippen molar-refractivity contribution in [2.24, 2.45) is 0 Å². The fraction of sp³-hybridized carbons (Fsp3) is 0.300. The number of hydrogen-bond donors (Lipinski definition) is 2. The Kier molecular flexibility index (Phi) is 5.70. The van der Waals surface area contributed by atoms with Gasteiger partial charge in [-0.3, -0.25) is 14.9 Å². The molecule has 1 heterocycles. The highest BCUT2D eigenvalue weighted by Gasteiger charge is 2.37. The molecule has 0 saturated carbocycles. The molecule has 28 heavy (non-hydrogen) atoms. The van der Waals surface area contributed by atoms with E-state index in [-0.39, 0.29) is 24.1 Å². The van der Waals surface area contributed by atoms with Gasteiger partial charge in [-0.1, -0.05) is 30.3 Å². The minimum Gasteiger partial charge on any atom is -0.465 e. The SMILES string of the molecule is COC(=O)[C@H]1Cc2ccccc2C[NH+]1CC(=O)Nc1cc([N+](=O)[O-])ccc1C. The quantitative estimate of drug-likeness (QED) is 0.455. The van der Waals surface area contributed by atoms with Crippen LogP contribution in [0.15, 0.2) is 42.5 Å². The van der Waals surface area contributed by atoms with Crippen LogP contribution in [0.4, 0.5) is 11.4 Å². The zero-order valence-electron chi connectivity index (χ0n) is 15.7. The highest BCUT2D eigenvalue weighted by atomic mass is 16.6. The smallest absolute Gasteiger partial charge is 0.365 e. The Balaban J connectivity index is 1.77. The van der Waals surface area contributed by atoms with Crippen molar-refractivity contribution in [2.75, 3.05) is 19.0 Å². The number of esters is 1. The van der Waals surface area contributed by atoms with Gasteiger partial charge < -0.3 is 15.0 Å². The van der Waals surface area contributed by atoms with Crippen LogP contribution in [0.1, 0.15) is 16.7 Å². The minimum atomic E-state index is -0.505. The van der Waals surface area contributed by atoms with E-state index in [1.807, 2.05) is 24.3 Å². The molecule has 2 N–H and O–H groups in total. The molecule has 2 atom stereocenters. The summed E-state index contributed by atoms with van der Waals surface area (Å²) in [6.45, 7) is 2.34. The summed E-state index contributed by atoms with van der Waals surface area (Å²) in [6, 6.07) is 11.7. The van der Waals surface area contributed by atoms with E-state index in [1.165, 1.54) is 19.2 Å². The number of nitrogens with zero attached hydrogens (tertiary/aromatic N) is 1. The van der Waals surface area contributed by atoms with E-state index in [0.717, 1.165) is 21.6 Å². The number of anilines is 1. The molecule has 0 aliphatic carbocycles. The molecule has 0 radical (unpaired) electrons. The first-order valence-electron chi connectivity index (χ1n) is 8.93. The summed E-state index contributed by atoms with van der Waals surface area (Å²) in [4.78, 5) is 36.1. The summed E-state index contributed by atoms with van der Waals surface area (Å²) in [5, 5.41) is 13.7. The van der Waals surface area contributed by atoms with E-state index >= 15 is 0 Å². The summed E-state index contributed by atoms with van der Waals surface area (Å²) in [6.07, 6.45) is 0.501. The lowest BCUT2D eigenvalue weighted by Gasteiger charge is -2.31. The van der Waals surface area contributed by atoms with Crippen LogP contribution in [0, 0.1) is 17.0 Å². The number of aryl methyl sites for hydroxylation is 1. The zero-order chi connectivity index (χ0) is 20.3. The number of ether oxygens (including phenoxy) is 1. The number of amides is 1. The van der Waals surface area contributed by atoms with E-state index in [0.29, 0.717) is 18.7 Å². The maximum atomic E-state index is 12.6. The molecule has 0 bridgehead atoms. The third-order valence-corrected chi connectivity index (χ3v) is 5.03. The van der Waals surface area contributed by atoms with Gasteiger partial charge in [-0.2, -0.15) is 0 Å². The van der Waals surface area contributed by atoms with Crippen LogP contribution in [-0.2, 0) is 27.3 Å². The molecule has 2 aromatic rings. The van der Waals surface area contributed by atoms with Gasteiger partial charge in [0, 0.05) is 24.1 Å². The Morgan fingerprint density at radius 1 is 1.25 bits per heavy atom. The van der Waals surface area contributed by atoms with E-state index in [1.54, 1.807) is 13.0 Å². The van der Waals surface area contributed by atoms with Crippen molar-refractivity contribution in [3.63, 3.8) is 0 Å². The van der Waals surface area contributed by atoms with Gasteiger partial charge in [-0.05, 0) is 18.1 Å². The molecular formula is C20H22N3O5+. The molecule has 1 amide bonds. The fourth-order valence-electron chi connectivity index (χ4n) is 3.50. The Labute approximate surface area is 162 Å². The van der Waals surface area contributed by atoms with Crippen molar-refractivity contribution in [2.45, 2.75) is 25.9 Å². The van der Waals surface area contributed by atoms with Gasteiger partial charge in [0.15, 0.2) is 12.6 Å². The number of nitro benzene ring substituents is 1. The van der Waals surface area contributed by atoms with Crippen LogP contribution >= 0.6 is 0 Å². The van der Waals surface area contributed by atoms with Crippen molar-refractivity contribution >= 4 is 23.3 Å². The molecule has 0 spiro atoms. The number of hydrogen-bond acceptors (Lipinski definition) is 5. The second kappa shape index (κ2) is 8.18. The highest BCUT2D eigenvalue weighted by molar-refractivity contribution is 5.92. The first kappa shape index (κ1) is 19.5. The number of non-ortho nitro benzene ring substituents is 1. The highest BCUT2D eigenvalue weighted by Crippen LogP contribution is 2.21. The molecule has 8 nitrogen and oxygen atoms in total. The molecule has 2 aromatic carbocycles. The van der Waals surface area contributed by atoms with Crippen LogP contribution in [-0.4, -0.2) is 36.5 Å². The van der Waals surface area contributed by atoms with E-state index in [9.17, 15) is 19.7 Å². The standard InChI is InChI=1S/C20H21N3O5/c1-13-7-8-16(23(26)27)10-17(13)21-19(24)12-22-11-15-6-4-3-5-14(15)9-18(22)20(25)28-2/h3-8,10,18H,9,11-12H2,1-2H3,(H,21,24)/p+1/t18-/m1/s1. The predicted molar refractivity (Wildman–Crippen MR) is 102 cm³/mol. The van der Waals surface area contributed by atoms with Crippen molar-refractivity contribution in [1.29, 1.82) is 0 Å². The third-order valence-electron chi connectivity index (χ3n) is 5.03. The van der Waals surface area contributed by atoms with Gasteiger partial charge in [0.25, 0.3) is 11.6 Å². The Morgan fingerprint density at radius 2 is 1.96 bits per heavy atom. The summed E-state index contributed by atoms with van der Waals surface area (Å²) >= 11 is 0. The van der Waals surface area contributed by atoms with Gasteiger partial charge >= 0.3 is 5.97 Å². The second-order valence-electron chi connectivity index (χ2n) is 6.86. The molecule has 0 aromatic heterocycles.